The Morgan fingerprint density at radius 1 is 1.44 bits per heavy atom. The second kappa shape index (κ2) is 6.65. The number of nitrogens with one attached hydrogen (secondary N) is 1. The van der Waals surface area contributed by atoms with Crippen LogP contribution in [0.25, 0.3) is 0 Å². The largest absolute Gasteiger partial charge is 0.469 e. The predicted molar refractivity (Wildman–Crippen MR) is 65.1 cm³/mol. The van der Waals surface area contributed by atoms with Gasteiger partial charge in [0.15, 0.2) is 0 Å². The lowest BCUT2D eigenvalue weighted by Gasteiger charge is -2.02. The second-order valence-electron chi connectivity index (χ2n) is 3.06. The molecule has 1 aromatic heterocycles. The zero-order chi connectivity index (χ0) is 12.0. The number of carbonyl (C=O) groups excluding carboxylic acids is 2. The third-order valence-corrected chi connectivity index (χ3v) is 3.50. The minimum atomic E-state index is -0.367. The first-order chi connectivity index (χ1) is 7.61. The Bertz CT molecular complexity index is 378. The van der Waals surface area contributed by atoms with Gasteiger partial charge in [-0.05, 0) is 28.1 Å². The Hall–Kier alpha value is -0.880. The van der Waals surface area contributed by atoms with Crippen LogP contribution in [-0.4, -0.2) is 19.0 Å². The molecule has 0 saturated carbocycles. The third-order valence-electron chi connectivity index (χ3n) is 1.87. The Morgan fingerprint density at radius 3 is 2.75 bits per heavy atom. The molecule has 4 nitrogen and oxygen atoms in total. The number of esters is 1. The smallest absolute Gasteiger partial charge is 0.306 e. The highest BCUT2D eigenvalue weighted by Gasteiger charge is 2.06. The van der Waals surface area contributed by atoms with Gasteiger partial charge in [-0.2, -0.15) is 0 Å². The second-order valence-corrected chi connectivity index (χ2v) is 5.61. The summed E-state index contributed by atoms with van der Waals surface area (Å²) in [5, 5.41) is 2.73. The molecule has 1 N–H and O–H groups in total. The van der Waals surface area contributed by atoms with Gasteiger partial charge in [0.2, 0.25) is 5.91 Å². The van der Waals surface area contributed by atoms with E-state index in [4.69, 9.17) is 0 Å². The molecule has 1 amide bonds. The first-order valence-corrected chi connectivity index (χ1v) is 6.30. The summed E-state index contributed by atoms with van der Waals surface area (Å²) < 4.78 is 5.48. The van der Waals surface area contributed by atoms with Crippen molar-refractivity contribution >= 4 is 39.1 Å². The van der Waals surface area contributed by atoms with E-state index in [9.17, 15) is 9.59 Å². The number of hydrogen-bond acceptors (Lipinski definition) is 4. The van der Waals surface area contributed by atoms with Crippen LogP contribution in [0.15, 0.2) is 15.9 Å². The molecule has 0 aliphatic rings. The van der Waals surface area contributed by atoms with Crippen molar-refractivity contribution in [2.75, 3.05) is 7.11 Å². The van der Waals surface area contributed by atoms with E-state index >= 15 is 0 Å². The van der Waals surface area contributed by atoms with Gasteiger partial charge in [-0.25, -0.2) is 0 Å². The van der Waals surface area contributed by atoms with Gasteiger partial charge in [-0.15, -0.1) is 11.3 Å². The highest BCUT2D eigenvalue weighted by atomic mass is 79.9. The number of amides is 1. The van der Waals surface area contributed by atoms with E-state index in [1.165, 1.54) is 7.11 Å². The van der Waals surface area contributed by atoms with E-state index in [1.807, 2.05) is 12.1 Å². The Kier molecular flexibility index (Phi) is 5.48. The fraction of sp³-hybridized carbons (Fsp3) is 0.400. The summed E-state index contributed by atoms with van der Waals surface area (Å²) >= 11 is 4.91. The van der Waals surface area contributed by atoms with Crippen LogP contribution in [-0.2, 0) is 20.9 Å². The van der Waals surface area contributed by atoms with Gasteiger partial charge >= 0.3 is 5.97 Å². The topological polar surface area (TPSA) is 55.4 Å². The van der Waals surface area contributed by atoms with Crippen molar-refractivity contribution in [2.24, 2.45) is 0 Å². The van der Waals surface area contributed by atoms with Crippen molar-refractivity contribution in [1.29, 1.82) is 0 Å². The van der Waals surface area contributed by atoms with Gasteiger partial charge in [-0.1, -0.05) is 0 Å². The highest BCUT2D eigenvalue weighted by Crippen LogP contribution is 2.21. The Morgan fingerprint density at radius 2 is 2.19 bits per heavy atom. The van der Waals surface area contributed by atoms with E-state index in [0.29, 0.717) is 6.54 Å². The van der Waals surface area contributed by atoms with E-state index in [2.05, 4.69) is 26.0 Å². The van der Waals surface area contributed by atoms with Crippen LogP contribution >= 0.6 is 27.3 Å². The van der Waals surface area contributed by atoms with Crippen molar-refractivity contribution < 1.29 is 14.3 Å². The third kappa shape index (κ3) is 4.76. The minimum absolute atomic E-state index is 0.121. The molecule has 0 radical (unpaired) electrons. The van der Waals surface area contributed by atoms with Crippen LogP contribution in [0.3, 0.4) is 0 Å². The number of rotatable bonds is 5. The predicted octanol–water partition coefficient (Wildman–Crippen LogP) is 2.08. The fourth-order valence-corrected chi connectivity index (χ4v) is 2.46. The standard InChI is InChI=1S/C10H12BrNO3S/c1-15-10(14)5-4-9(13)12-6-7-2-3-8(11)16-7/h2-3H,4-6H2,1H3,(H,12,13). The van der Waals surface area contributed by atoms with Crippen LogP contribution in [0.5, 0.6) is 0 Å². The molecule has 1 rings (SSSR count). The van der Waals surface area contributed by atoms with Crippen LogP contribution in [0.2, 0.25) is 0 Å². The number of thiophene rings is 1. The number of ether oxygens (including phenoxy) is 1. The molecular formula is C10H12BrNO3S. The first kappa shape index (κ1) is 13.2. The van der Waals surface area contributed by atoms with E-state index in [-0.39, 0.29) is 24.7 Å². The molecule has 0 unspecified atom stereocenters. The summed E-state index contributed by atoms with van der Waals surface area (Å²) in [5.41, 5.74) is 0. The van der Waals surface area contributed by atoms with Gasteiger partial charge in [-0.3, -0.25) is 9.59 Å². The van der Waals surface area contributed by atoms with Crippen LogP contribution in [0.4, 0.5) is 0 Å². The van der Waals surface area contributed by atoms with Gasteiger partial charge < -0.3 is 10.1 Å². The minimum Gasteiger partial charge on any atom is -0.469 e. The molecule has 0 aliphatic heterocycles. The van der Waals surface area contributed by atoms with Crippen molar-refractivity contribution in [1.82, 2.24) is 5.32 Å². The maximum atomic E-state index is 11.3. The van der Waals surface area contributed by atoms with Gasteiger partial charge in [0.1, 0.15) is 0 Å². The molecule has 1 heterocycles. The van der Waals surface area contributed by atoms with Crippen LogP contribution in [0.1, 0.15) is 17.7 Å². The lowest BCUT2D eigenvalue weighted by molar-refractivity contribution is -0.142. The molecule has 16 heavy (non-hydrogen) atoms. The summed E-state index contributed by atoms with van der Waals surface area (Å²) in [7, 11) is 1.31. The van der Waals surface area contributed by atoms with Gasteiger partial charge in [0, 0.05) is 11.3 Å². The molecule has 0 saturated heterocycles. The van der Waals surface area contributed by atoms with Crippen LogP contribution in [0, 0.1) is 0 Å². The zero-order valence-electron chi connectivity index (χ0n) is 8.79. The maximum Gasteiger partial charge on any atom is 0.306 e. The maximum absolute atomic E-state index is 11.3. The number of hydrogen-bond donors (Lipinski definition) is 1. The molecule has 88 valence electrons. The van der Waals surface area contributed by atoms with Gasteiger partial charge in [0.25, 0.3) is 0 Å². The van der Waals surface area contributed by atoms with Gasteiger partial charge in [0.05, 0.1) is 23.9 Å². The molecule has 0 fully saturated rings. The average molecular weight is 306 g/mol. The molecule has 0 atom stereocenters. The van der Waals surface area contributed by atoms with E-state index in [1.54, 1.807) is 11.3 Å². The quantitative estimate of drug-likeness (QED) is 0.847. The number of methoxy groups -OCH3 is 1. The number of carbonyl (C=O) groups is 2. The molecule has 0 spiro atoms. The fourth-order valence-electron chi connectivity index (χ4n) is 1.04. The zero-order valence-corrected chi connectivity index (χ0v) is 11.2. The summed E-state index contributed by atoms with van der Waals surface area (Å²) in [6, 6.07) is 3.87. The van der Waals surface area contributed by atoms with Crippen molar-refractivity contribution in [3.8, 4) is 0 Å². The lowest BCUT2D eigenvalue weighted by atomic mass is 10.3. The molecule has 6 heteroatoms. The summed E-state index contributed by atoms with van der Waals surface area (Å²) in [5.74, 6) is -0.510. The van der Waals surface area contributed by atoms with Crippen LogP contribution < -0.4 is 5.32 Å². The SMILES string of the molecule is COC(=O)CCC(=O)NCc1ccc(Br)s1. The summed E-state index contributed by atoms with van der Waals surface area (Å²) in [4.78, 5) is 23.2. The normalized spacial score (nSPS) is 9.88. The molecule has 0 bridgehead atoms. The molecular weight excluding hydrogens is 294 g/mol. The molecule has 0 aliphatic carbocycles. The van der Waals surface area contributed by atoms with Crippen molar-refractivity contribution in [3.63, 3.8) is 0 Å². The summed E-state index contributed by atoms with van der Waals surface area (Å²) in [6.07, 6.45) is 0.287. The first-order valence-electron chi connectivity index (χ1n) is 4.69. The monoisotopic (exact) mass is 305 g/mol. The molecule has 0 aromatic carbocycles. The number of halogens is 1. The Balaban J connectivity index is 2.22. The average Bonchev–Trinajstić information content (AvgIpc) is 2.69. The Labute approximate surface area is 106 Å². The highest BCUT2D eigenvalue weighted by molar-refractivity contribution is 9.11. The summed E-state index contributed by atoms with van der Waals surface area (Å²) in [6.45, 7) is 0.496. The van der Waals surface area contributed by atoms with Crippen molar-refractivity contribution in [2.45, 2.75) is 19.4 Å². The lowest BCUT2D eigenvalue weighted by Crippen LogP contribution is -2.22. The van der Waals surface area contributed by atoms with E-state index < -0.39 is 0 Å². The van der Waals surface area contributed by atoms with Crippen molar-refractivity contribution in [3.05, 3.63) is 20.8 Å². The van der Waals surface area contributed by atoms with E-state index in [0.717, 1.165) is 8.66 Å². The molecule has 1 aromatic rings.